The first-order chi connectivity index (χ1) is 12.1. The first-order valence-corrected chi connectivity index (χ1v) is 9.15. The number of hydrogen-bond donors (Lipinski definition) is 1. The smallest absolute Gasteiger partial charge is 0.220 e. The van der Waals surface area contributed by atoms with Gasteiger partial charge < -0.3 is 14.7 Å². The van der Waals surface area contributed by atoms with Gasteiger partial charge in [-0.05, 0) is 44.8 Å². The molecule has 2 heterocycles. The standard InChI is InChI=1S/C19H24ClN3O2/c1-23-10-4-5-14(13-23)8-9-19(24)21-12-15-11-18(22-25-15)16-6-2-3-7-17(16)20/h2-3,6-7,11,14H,4-5,8-10,12-13H2,1H3,(H,21,24)/t14-/m1/s1. The molecule has 0 spiro atoms. The number of amides is 1. The highest BCUT2D eigenvalue weighted by Crippen LogP contribution is 2.27. The van der Waals surface area contributed by atoms with Crippen LogP contribution in [0.5, 0.6) is 0 Å². The molecule has 2 aromatic rings. The Labute approximate surface area is 153 Å². The van der Waals surface area contributed by atoms with Crippen molar-refractivity contribution in [3.05, 3.63) is 41.1 Å². The molecular formula is C19H24ClN3O2. The van der Waals surface area contributed by atoms with E-state index in [4.69, 9.17) is 16.1 Å². The highest BCUT2D eigenvalue weighted by Gasteiger charge is 2.18. The molecule has 1 aliphatic rings. The highest BCUT2D eigenvalue weighted by molar-refractivity contribution is 6.33. The van der Waals surface area contributed by atoms with Crippen LogP contribution < -0.4 is 5.32 Å². The molecule has 25 heavy (non-hydrogen) atoms. The largest absolute Gasteiger partial charge is 0.359 e. The van der Waals surface area contributed by atoms with Gasteiger partial charge in [0, 0.05) is 24.6 Å². The number of hydrogen-bond acceptors (Lipinski definition) is 4. The maximum Gasteiger partial charge on any atom is 0.220 e. The molecule has 6 heteroatoms. The summed E-state index contributed by atoms with van der Waals surface area (Å²) in [5, 5.41) is 7.58. The maximum atomic E-state index is 12.1. The topological polar surface area (TPSA) is 58.4 Å². The average Bonchev–Trinajstić information content (AvgIpc) is 3.07. The van der Waals surface area contributed by atoms with E-state index in [1.165, 1.54) is 19.4 Å². The van der Waals surface area contributed by atoms with E-state index < -0.39 is 0 Å². The molecule has 0 saturated carbocycles. The van der Waals surface area contributed by atoms with Crippen LogP contribution in [-0.4, -0.2) is 36.1 Å². The fraction of sp³-hybridized carbons (Fsp3) is 0.474. The molecule has 1 atom stereocenters. The third kappa shape index (κ3) is 5.06. The summed E-state index contributed by atoms with van der Waals surface area (Å²) in [4.78, 5) is 14.4. The van der Waals surface area contributed by atoms with Crippen LogP contribution in [0.25, 0.3) is 11.3 Å². The SMILES string of the molecule is CN1CCC[C@H](CCC(=O)NCc2cc(-c3ccccc3Cl)no2)C1. The van der Waals surface area contributed by atoms with Crippen molar-refractivity contribution in [1.82, 2.24) is 15.4 Å². The lowest BCUT2D eigenvalue weighted by Gasteiger charge is -2.29. The zero-order chi connectivity index (χ0) is 17.6. The van der Waals surface area contributed by atoms with Gasteiger partial charge in [0.05, 0.1) is 11.6 Å². The van der Waals surface area contributed by atoms with E-state index in [-0.39, 0.29) is 5.91 Å². The summed E-state index contributed by atoms with van der Waals surface area (Å²) in [6, 6.07) is 9.30. The average molecular weight is 362 g/mol. The summed E-state index contributed by atoms with van der Waals surface area (Å²) >= 11 is 6.17. The monoisotopic (exact) mass is 361 g/mol. The molecule has 1 saturated heterocycles. The van der Waals surface area contributed by atoms with Gasteiger partial charge in [-0.2, -0.15) is 0 Å². The van der Waals surface area contributed by atoms with E-state index in [2.05, 4.69) is 22.4 Å². The first kappa shape index (κ1) is 18.0. The van der Waals surface area contributed by atoms with Gasteiger partial charge in [0.2, 0.25) is 5.91 Å². The van der Waals surface area contributed by atoms with Crippen LogP contribution in [0.15, 0.2) is 34.9 Å². The number of carbonyl (C=O) groups excluding carboxylic acids is 1. The quantitative estimate of drug-likeness (QED) is 0.851. The van der Waals surface area contributed by atoms with Crippen LogP contribution in [0.3, 0.4) is 0 Å². The van der Waals surface area contributed by atoms with Crippen molar-refractivity contribution >= 4 is 17.5 Å². The molecule has 134 valence electrons. The Morgan fingerprint density at radius 2 is 2.28 bits per heavy atom. The Morgan fingerprint density at radius 3 is 3.08 bits per heavy atom. The van der Waals surface area contributed by atoms with Crippen molar-refractivity contribution in [1.29, 1.82) is 0 Å². The van der Waals surface area contributed by atoms with Gasteiger partial charge >= 0.3 is 0 Å². The number of piperidine rings is 1. The third-order valence-electron chi connectivity index (χ3n) is 4.67. The van der Waals surface area contributed by atoms with Gasteiger partial charge in [-0.1, -0.05) is 35.0 Å². The van der Waals surface area contributed by atoms with Gasteiger partial charge in [-0.25, -0.2) is 0 Å². The Balaban J connectivity index is 1.46. The number of nitrogens with zero attached hydrogens (tertiary/aromatic N) is 2. The lowest BCUT2D eigenvalue weighted by Crippen LogP contribution is -2.33. The molecule has 0 radical (unpaired) electrons. The molecule has 0 unspecified atom stereocenters. The Bertz CT molecular complexity index is 716. The first-order valence-electron chi connectivity index (χ1n) is 8.77. The van der Waals surface area contributed by atoms with Crippen molar-refractivity contribution in [2.45, 2.75) is 32.2 Å². The summed E-state index contributed by atoms with van der Waals surface area (Å²) in [5.41, 5.74) is 1.51. The lowest BCUT2D eigenvalue weighted by atomic mass is 9.93. The fourth-order valence-electron chi connectivity index (χ4n) is 3.31. The molecule has 1 amide bonds. The molecule has 1 aromatic carbocycles. The molecular weight excluding hydrogens is 338 g/mol. The summed E-state index contributed by atoms with van der Waals surface area (Å²) in [6.45, 7) is 2.61. The normalized spacial score (nSPS) is 18.2. The number of halogens is 1. The number of nitrogens with one attached hydrogen (secondary N) is 1. The summed E-state index contributed by atoms with van der Waals surface area (Å²) < 4.78 is 5.30. The van der Waals surface area contributed by atoms with Crippen LogP contribution in [0, 0.1) is 5.92 Å². The van der Waals surface area contributed by atoms with Crippen molar-refractivity contribution in [3.63, 3.8) is 0 Å². The number of likely N-dealkylation sites (tertiary alicyclic amines) is 1. The van der Waals surface area contributed by atoms with Gasteiger partial charge in [-0.3, -0.25) is 4.79 Å². The number of carbonyl (C=O) groups is 1. The third-order valence-corrected chi connectivity index (χ3v) is 5.00. The van der Waals surface area contributed by atoms with Crippen molar-refractivity contribution in [2.75, 3.05) is 20.1 Å². The molecule has 1 aromatic heterocycles. The molecule has 3 rings (SSSR count). The predicted molar refractivity (Wildman–Crippen MR) is 98.3 cm³/mol. The Morgan fingerprint density at radius 1 is 1.44 bits per heavy atom. The van der Waals surface area contributed by atoms with E-state index in [0.29, 0.717) is 35.4 Å². The number of aromatic nitrogens is 1. The highest BCUT2D eigenvalue weighted by atomic mass is 35.5. The molecule has 1 fully saturated rings. The summed E-state index contributed by atoms with van der Waals surface area (Å²) in [6.07, 6.45) is 3.95. The zero-order valence-corrected chi connectivity index (χ0v) is 15.3. The number of benzene rings is 1. The molecule has 1 aliphatic heterocycles. The van der Waals surface area contributed by atoms with Crippen LogP contribution in [0.1, 0.15) is 31.4 Å². The second-order valence-corrected chi connectivity index (χ2v) is 7.15. The minimum atomic E-state index is 0.0592. The zero-order valence-electron chi connectivity index (χ0n) is 14.5. The minimum Gasteiger partial charge on any atom is -0.359 e. The van der Waals surface area contributed by atoms with Gasteiger partial charge in [0.15, 0.2) is 5.76 Å². The second kappa shape index (κ2) is 8.50. The van der Waals surface area contributed by atoms with Crippen molar-refractivity contribution in [2.24, 2.45) is 5.92 Å². The van der Waals surface area contributed by atoms with E-state index in [1.54, 1.807) is 0 Å². The van der Waals surface area contributed by atoms with Crippen LogP contribution in [0.2, 0.25) is 5.02 Å². The van der Waals surface area contributed by atoms with Crippen molar-refractivity contribution in [3.8, 4) is 11.3 Å². The van der Waals surface area contributed by atoms with E-state index in [0.717, 1.165) is 18.5 Å². The van der Waals surface area contributed by atoms with E-state index in [9.17, 15) is 4.79 Å². The van der Waals surface area contributed by atoms with Crippen LogP contribution >= 0.6 is 11.6 Å². The van der Waals surface area contributed by atoms with Crippen LogP contribution in [-0.2, 0) is 11.3 Å². The minimum absolute atomic E-state index is 0.0592. The molecule has 1 N–H and O–H groups in total. The second-order valence-electron chi connectivity index (χ2n) is 6.74. The summed E-state index contributed by atoms with van der Waals surface area (Å²) in [5.74, 6) is 1.31. The van der Waals surface area contributed by atoms with Gasteiger partial charge in [0.25, 0.3) is 0 Å². The summed E-state index contributed by atoms with van der Waals surface area (Å²) in [7, 11) is 2.15. The van der Waals surface area contributed by atoms with E-state index >= 15 is 0 Å². The number of rotatable bonds is 6. The van der Waals surface area contributed by atoms with Gasteiger partial charge in [0.1, 0.15) is 5.69 Å². The Kier molecular flexibility index (Phi) is 6.10. The van der Waals surface area contributed by atoms with E-state index in [1.807, 2.05) is 30.3 Å². The van der Waals surface area contributed by atoms with Gasteiger partial charge in [-0.15, -0.1) is 0 Å². The molecule has 0 bridgehead atoms. The fourth-order valence-corrected chi connectivity index (χ4v) is 3.54. The van der Waals surface area contributed by atoms with Crippen molar-refractivity contribution < 1.29 is 9.32 Å². The predicted octanol–water partition coefficient (Wildman–Crippen LogP) is 3.73. The Hall–Kier alpha value is -1.85. The maximum absolute atomic E-state index is 12.1. The molecule has 0 aliphatic carbocycles. The molecule has 5 nitrogen and oxygen atoms in total. The van der Waals surface area contributed by atoms with Crippen LogP contribution in [0.4, 0.5) is 0 Å². The lowest BCUT2D eigenvalue weighted by molar-refractivity contribution is -0.121.